The lowest BCUT2D eigenvalue weighted by Gasteiger charge is -2.34. The molecule has 1 saturated heterocycles. The maximum Gasteiger partial charge on any atom is 0.230 e. The molecule has 1 fully saturated rings. The number of imidazole rings is 1. The number of nitrogens with one attached hydrogen (secondary N) is 1. The normalized spacial score (nSPS) is 15.5. The third-order valence-corrected chi connectivity index (χ3v) is 5.61. The first-order chi connectivity index (χ1) is 12.6. The van der Waals surface area contributed by atoms with Gasteiger partial charge in [0.25, 0.3) is 0 Å². The molecule has 2 aromatic heterocycles. The number of hydrogen-bond acceptors (Lipinski definition) is 5. The molecule has 1 amide bonds. The predicted octanol–water partition coefficient (Wildman–Crippen LogP) is 2.64. The summed E-state index contributed by atoms with van der Waals surface area (Å²) in [4.78, 5) is 22.5. The quantitative estimate of drug-likeness (QED) is 0.768. The summed E-state index contributed by atoms with van der Waals surface area (Å²) in [5.74, 6) is -0.0359. The first-order valence-corrected chi connectivity index (χ1v) is 9.71. The lowest BCUT2D eigenvalue weighted by molar-refractivity contribution is -0.115. The second kappa shape index (κ2) is 7.09. The van der Waals surface area contributed by atoms with E-state index in [-0.39, 0.29) is 12.3 Å². The number of carbonyl (C=O) groups is 1. The molecule has 7 heteroatoms. The van der Waals surface area contributed by atoms with E-state index in [4.69, 9.17) is 0 Å². The average molecular weight is 369 g/mol. The van der Waals surface area contributed by atoms with Gasteiger partial charge in [-0.3, -0.25) is 9.20 Å². The number of aryl methyl sites for hydroxylation is 1. The summed E-state index contributed by atoms with van der Waals surface area (Å²) in [5.41, 5.74) is 3.97. The number of anilines is 2. The molecule has 1 N–H and O–H groups in total. The number of piperazine rings is 1. The zero-order valence-corrected chi connectivity index (χ0v) is 15.9. The Morgan fingerprint density at radius 1 is 1.27 bits per heavy atom. The number of thiazole rings is 1. The van der Waals surface area contributed by atoms with Gasteiger partial charge in [-0.2, -0.15) is 0 Å². The molecule has 0 radical (unpaired) electrons. The number of carbonyl (C=O) groups excluding carboxylic acids is 1. The number of nitrogens with zero attached hydrogens (tertiary/aromatic N) is 4. The van der Waals surface area contributed by atoms with Crippen molar-refractivity contribution in [3.63, 3.8) is 0 Å². The maximum absolute atomic E-state index is 12.4. The first kappa shape index (κ1) is 17.1. The molecule has 26 heavy (non-hydrogen) atoms. The molecule has 0 unspecified atom stereocenters. The van der Waals surface area contributed by atoms with Gasteiger partial charge >= 0.3 is 0 Å². The van der Waals surface area contributed by atoms with Crippen LogP contribution in [0.2, 0.25) is 0 Å². The lowest BCUT2D eigenvalue weighted by atomic mass is 10.1. The van der Waals surface area contributed by atoms with Gasteiger partial charge in [0.2, 0.25) is 5.91 Å². The Balaban J connectivity index is 1.41. The van der Waals surface area contributed by atoms with E-state index in [9.17, 15) is 4.79 Å². The first-order valence-electron chi connectivity index (χ1n) is 8.83. The molecular weight excluding hydrogens is 346 g/mol. The van der Waals surface area contributed by atoms with Crippen molar-refractivity contribution in [3.8, 4) is 0 Å². The molecule has 0 spiro atoms. The number of aromatic nitrogens is 2. The van der Waals surface area contributed by atoms with E-state index in [2.05, 4.69) is 39.3 Å². The summed E-state index contributed by atoms with van der Waals surface area (Å²) in [6, 6.07) is 6.26. The van der Waals surface area contributed by atoms with E-state index < -0.39 is 0 Å². The van der Waals surface area contributed by atoms with Crippen molar-refractivity contribution in [2.45, 2.75) is 13.3 Å². The van der Waals surface area contributed by atoms with Crippen molar-refractivity contribution in [2.24, 2.45) is 0 Å². The van der Waals surface area contributed by atoms with Crippen molar-refractivity contribution < 1.29 is 4.79 Å². The number of likely N-dealkylation sites (N-methyl/N-ethyl adjacent to an activating group) is 1. The van der Waals surface area contributed by atoms with Gasteiger partial charge in [0.1, 0.15) is 0 Å². The van der Waals surface area contributed by atoms with Crippen LogP contribution in [0.15, 0.2) is 36.0 Å². The molecule has 0 saturated carbocycles. The van der Waals surface area contributed by atoms with E-state index in [0.717, 1.165) is 48.1 Å². The van der Waals surface area contributed by atoms with Gasteiger partial charge in [0.15, 0.2) is 4.96 Å². The summed E-state index contributed by atoms with van der Waals surface area (Å²) >= 11 is 1.57. The van der Waals surface area contributed by atoms with Crippen molar-refractivity contribution in [1.82, 2.24) is 14.3 Å². The van der Waals surface area contributed by atoms with Crippen molar-refractivity contribution >= 4 is 33.6 Å². The fourth-order valence-electron chi connectivity index (χ4n) is 3.27. The van der Waals surface area contributed by atoms with Gasteiger partial charge in [0, 0.05) is 55.3 Å². The highest BCUT2D eigenvalue weighted by Gasteiger charge is 2.15. The van der Waals surface area contributed by atoms with Crippen LogP contribution in [0, 0.1) is 6.92 Å². The Labute approximate surface area is 157 Å². The van der Waals surface area contributed by atoms with E-state index in [0.29, 0.717) is 0 Å². The van der Waals surface area contributed by atoms with Crippen LogP contribution in [0.1, 0.15) is 11.3 Å². The van der Waals surface area contributed by atoms with Gasteiger partial charge in [-0.05, 0) is 37.7 Å². The van der Waals surface area contributed by atoms with E-state index in [1.165, 1.54) is 5.69 Å². The Hall–Kier alpha value is -2.38. The number of hydrogen-bond donors (Lipinski definition) is 1. The minimum absolute atomic E-state index is 0.0359. The largest absolute Gasteiger partial charge is 0.369 e. The van der Waals surface area contributed by atoms with Gasteiger partial charge in [-0.25, -0.2) is 4.98 Å². The standard InChI is InChI=1S/C19H23N5OS/c1-14-11-16(23-7-5-22(2)6-8-23)3-4-17(14)21-18(25)12-15-13-24-9-10-26-19(24)20-15/h3-4,9-11,13H,5-8,12H2,1-2H3,(H,21,25). The Kier molecular flexibility index (Phi) is 4.65. The van der Waals surface area contributed by atoms with E-state index >= 15 is 0 Å². The van der Waals surface area contributed by atoms with Gasteiger partial charge in [0.05, 0.1) is 12.1 Å². The molecule has 4 rings (SSSR count). The summed E-state index contributed by atoms with van der Waals surface area (Å²) < 4.78 is 1.95. The Bertz CT molecular complexity index is 895. The Morgan fingerprint density at radius 3 is 2.81 bits per heavy atom. The second-order valence-electron chi connectivity index (χ2n) is 6.84. The number of rotatable bonds is 4. The monoisotopic (exact) mass is 369 g/mol. The molecule has 3 heterocycles. The zero-order chi connectivity index (χ0) is 18.1. The molecular formula is C19H23N5OS. The summed E-state index contributed by atoms with van der Waals surface area (Å²) in [5, 5.41) is 5.00. The van der Waals surface area contributed by atoms with Crippen LogP contribution in [0.3, 0.4) is 0 Å². The van der Waals surface area contributed by atoms with Crippen LogP contribution in [-0.2, 0) is 11.2 Å². The number of fused-ring (bicyclic) bond motifs is 1. The number of amides is 1. The molecule has 136 valence electrons. The lowest BCUT2D eigenvalue weighted by Crippen LogP contribution is -2.44. The van der Waals surface area contributed by atoms with E-state index in [1.807, 2.05) is 35.2 Å². The van der Waals surface area contributed by atoms with Crippen LogP contribution in [0.5, 0.6) is 0 Å². The maximum atomic E-state index is 12.4. The van der Waals surface area contributed by atoms with E-state index in [1.54, 1.807) is 11.3 Å². The minimum Gasteiger partial charge on any atom is -0.369 e. The zero-order valence-electron chi connectivity index (χ0n) is 15.1. The minimum atomic E-state index is -0.0359. The van der Waals surface area contributed by atoms with Gasteiger partial charge in [-0.15, -0.1) is 11.3 Å². The van der Waals surface area contributed by atoms with Crippen LogP contribution in [-0.4, -0.2) is 53.4 Å². The highest BCUT2D eigenvalue weighted by atomic mass is 32.1. The molecule has 1 aromatic carbocycles. The molecule has 3 aromatic rings. The van der Waals surface area contributed by atoms with Crippen molar-refractivity contribution in [1.29, 1.82) is 0 Å². The topological polar surface area (TPSA) is 52.9 Å². The predicted molar refractivity (Wildman–Crippen MR) is 106 cm³/mol. The highest BCUT2D eigenvalue weighted by molar-refractivity contribution is 7.15. The van der Waals surface area contributed by atoms with Crippen LogP contribution in [0.4, 0.5) is 11.4 Å². The van der Waals surface area contributed by atoms with Crippen LogP contribution >= 0.6 is 11.3 Å². The van der Waals surface area contributed by atoms with Gasteiger partial charge in [-0.1, -0.05) is 0 Å². The van der Waals surface area contributed by atoms with Crippen molar-refractivity contribution in [2.75, 3.05) is 43.4 Å². The molecule has 1 aliphatic rings. The SMILES string of the molecule is Cc1cc(N2CCN(C)CC2)ccc1NC(=O)Cc1cn2ccsc2n1. The summed E-state index contributed by atoms with van der Waals surface area (Å²) in [6.07, 6.45) is 4.15. The third-order valence-electron chi connectivity index (χ3n) is 4.84. The number of benzene rings is 1. The average Bonchev–Trinajstić information content (AvgIpc) is 3.19. The van der Waals surface area contributed by atoms with Gasteiger partial charge < -0.3 is 15.1 Å². The summed E-state index contributed by atoms with van der Waals surface area (Å²) in [7, 11) is 2.16. The second-order valence-corrected chi connectivity index (χ2v) is 7.71. The molecule has 0 bridgehead atoms. The van der Waals surface area contributed by atoms with Crippen LogP contribution in [0.25, 0.3) is 4.96 Å². The smallest absolute Gasteiger partial charge is 0.230 e. The van der Waals surface area contributed by atoms with Crippen LogP contribution < -0.4 is 10.2 Å². The Morgan fingerprint density at radius 2 is 2.08 bits per heavy atom. The highest BCUT2D eigenvalue weighted by Crippen LogP contribution is 2.24. The molecule has 0 atom stereocenters. The fourth-order valence-corrected chi connectivity index (χ4v) is 3.99. The fraction of sp³-hybridized carbons (Fsp3) is 0.368. The van der Waals surface area contributed by atoms with Crippen molar-refractivity contribution in [3.05, 3.63) is 47.2 Å². The molecule has 6 nitrogen and oxygen atoms in total. The molecule has 1 aliphatic heterocycles. The summed E-state index contributed by atoms with van der Waals surface area (Å²) in [6.45, 7) is 6.29. The third kappa shape index (κ3) is 3.59. The molecule has 0 aliphatic carbocycles.